The number of rotatable bonds is 1. The molecule has 1 N–H and O–H groups in total. The van der Waals surface area contributed by atoms with Crippen molar-refractivity contribution in [3.05, 3.63) is 51.3 Å². The molecule has 0 aliphatic heterocycles. The summed E-state index contributed by atoms with van der Waals surface area (Å²) in [6.45, 7) is 1.85. The molecule has 0 saturated heterocycles. The first-order valence-electron chi connectivity index (χ1n) is 5.67. The number of aromatic hydroxyl groups is 1. The summed E-state index contributed by atoms with van der Waals surface area (Å²) >= 11 is 7.47. The molecule has 0 unspecified atom stereocenters. The molecule has 3 rings (SSSR count). The van der Waals surface area contributed by atoms with Crippen LogP contribution < -0.4 is 0 Å². The largest absolute Gasteiger partial charge is 0.506 e. The Morgan fingerprint density at radius 2 is 2.16 bits per heavy atom. The van der Waals surface area contributed by atoms with Gasteiger partial charge in [0, 0.05) is 11.1 Å². The molecule has 19 heavy (non-hydrogen) atoms. The number of carbonyl (C=O) groups is 1. The molecule has 0 aliphatic rings. The SMILES string of the molecule is Cc1cc2c(Cl)c(O)ccc2n1C(=O)c1cccs1. The van der Waals surface area contributed by atoms with Gasteiger partial charge in [-0.25, -0.2) is 0 Å². The number of hydrogen-bond acceptors (Lipinski definition) is 3. The van der Waals surface area contributed by atoms with Crippen LogP contribution in [0.25, 0.3) is 10.9 Å². The molecule has 0 atom stereocenters. The highest BCUT2D eigenvalue weighted by Crippen LogP contribution is 2.34. The smallest absolute Gasteiger partial charge is 0.272 e. The minimum Gasteiger partial charge on any atom is -0.506 e. The van der Waals surface area contributed by atoms with Crippen molar-refractivity contribution in [2.75, 3.05) is 0 Å². The number of hydrogen-bond donors (Lipinski definition) is 1. The normalized spacial score (nSPS) is 11.1. The number of aryl methyl sites for hydroxylation is 1. The van der Waals surface area contributed by atoms with Crippen LogP contribution in [-0.2, 0) is 0 Å². The predicted octanol–water partition coefficient (Wildman–Crippen LogP) is 4.06. The third-order valence-corrected chi connectivity index (χ3v) is 4.27. The molecule has 2 heterocycles. The molecule has 0 spiro atoms. The van der Waals surface area contributed by atoms with Gasteiger partial charge in [0.15, 0.2) is 0 Å². The quantitative estimate of drug-likeness (QED) is 0.734. The fourth-order valence-corrected chi connectivity index (χ4v) is 3.01. The molecule has 3 aromatic rings. The van der Waals surface area contributed by atoms with E-state index in [-0.39, 0.29) is 16.7 Å². The molecule has 1 aromatic carbocycles. The van der Waals surface area contributed by atoms with Gasteiger partial charge in [-0.05, 0) is 36.6 Å². The Morgan fingerprint density at radius 3 is 2.84 bits per heavy atom. The van der Waals surface area contributed by atoms with Gasteiger partial charge in [-0.15, -0.1) is 11.3 Å². The van der Waals surface area contributed by atoms with E-state index in [1.165, 1.54) is 17.4 Å². The molecule has 5 heteroatoms. The van der Waals surface area contributed by atoms with Crippen molar-refractivity contribution >= 4 is 39.7 Å². The molecular weight excluding hydrogens is 282 g/mol. The summed E-state index contributed by atoms with van der Waals surface area (Å²) in [7, 11) is 0. The predicted molar refractivity (Wildman–Crippen MR) is 77.4 cm³/mol. The van der Waals surface area contributed by atoms with E-state index in [0.717, 1.165) is 5.69 Å². The Balaban J connectivity index is 2.28. The highest BCUT2D eigenvalue weighted by atomic mass is 35.5. The molecule has 0 saturated carbocycles. The van der Waals surface area contributed by atoms with Crippen molar-refractivity contribution < 1.29 is 9.90 Å². The highest BCUT2D eigenvalue weighted by molar-refractivity contribution is 7.12. The molecule has 0 fully saturated rings. The van der Waals surface area contributed by atoms with E-state index in [4.69, 9.17) is 11.6 Å². The summed E-state index contributed by atoms with van der Waals surface area (Å²) in [6.07, 6.45) is 0. The maximum atomic E-state index is 12.5. The number of carbonyl (C=O) groups excluding carboxylic acids is 1. The Labute approximate surface area is 118 Å². The number of fused-ring (bicyclic) bond motifs is 1. The van der Waals surface area contributed by atoms with Crippen LogP contribution in [0.15, 0.2) is 35.7 Å². The van der Waals surface area contributed by atoms with Gasteiger partial charge in [0.1, 0.15) is 5.75 Å². The lowest BCUT2D eigenvalue weighted by Crippen LogP contribution is -2.11. The zero-order valence-corrected chi connectivity index (χ0v) is 11.6. The van der Waals surface area contributed by atoms with Gasteiger partial charge < -0.3 is 5.11 Å². The fraction of sp³-hybridized carbons (Fsp3) is 0.0714. The molecule has 3 nitrogen and oxygen atoms in total. The van der Waals surface area contributed by atoms with Gasteiger partial charge >= 0.3 is 0 Å². The first kappa shape index (κ1) is 12.3. The van der Waals surface area contributed by atoms with Gasteiger partial charge in [-0.2, -0.15) is 0 Å². The summed E-state index contributed by atoms with van der Waals surface area (Å²) < 4.78 is 1.62. The van der Waals surface area contributed by atoms with E-state index in [9.17, 15) is 9.90 Å². The fourth-order valence-electron chi connectivity index (χ4n) is 2.15. The minimum absolute atomic E-state index is 0.0230. The number of thiophene rings is 1. The standard InChI is InChI=1S/C14H10ClNO2S/c1-8-7-9-10(4-5-11(17)13(9)15)16(8)14(18)12-3-2-6-19-12/h2-7,17H,1H3. The van der Waals surface area contributed by atoms with E-state index >= 15 is 0 Å². The second kappa shape index (κ2) is 4.40. The molecular formula is C14H10ClNO2S. The lowest BCUT2D eigenvalue weighted by molar-refractivity contribution is 0.0967. The zero-order chi connectivity index (χ0) is 13.6. The van der Waals surface area contributed by atoms with E-state index in [1.807, 2.05) is 24.4 Å². The third-order valence-electron chi connectivity index (χ3n) is 3.02. The Morgan fingerprint density at radius 1 is 1.37 bits per heavy atom. The number of phenols is 1. The zero-order valence-electron chi connectivity index (χ0n) is 10.1. The van der Waals surface area contributed by atoms with Crippen LogP contribution in [-0.4, -0.2) is 15.6 Å². The van der Waals surface area contributed by atoms with Crippen LogP contribution in [0.3, 0.4) is 0 Å². The minimum atomic E-state index is -0.0794. The van der Waals surface area contributed by atoms with Crippen LogP contribution in [0.1, 0.15) is 15.4 Å². The van der Waals surface area contributed by atoms with Crippen LogP contribution in [0.5, 0.6) is 5.75 Å². The molecule has 0 bridgehead atoms. The van der Waals surface area contributed by atoms with Crippen LogP contribution >= 0.6 is 22.9 Å². The second-order valence-corrected chi connectivity index (χ2v) is 5.56. The second-order valence-electron chi connectivity index (χ2n) is 4.24. The highest BCUT2D eigenvalue weighted by Gasteiger charge is 2.17. The van der Waals surface area contributed by atoms with Crippen molar-refractivity contribution in [2.24, 2.45) is 0 Å². The van der Waals surface area contributed by atoms with Crippen LogP contribution in [0, 0.1) is 6.92 Å². The van der Waals surface area contributed by atoms with E-state index in [1.54, 1.807) is 16.7 Å². The Kier molecular flexibility index (Phi) is 2.84. The molecule has 0 radical (unpaired) electrons. The topological polar surface area (TPSA) is 42.2 Å². The average Bonchev–Trinajstić information content (AvgIpc) is 3.00. The van der Waals surface area contributed by atoms with E-state index < -0.39 is 0 Å². The first-order valence-corrected chi connectivity index (χ1v) is 6.93. The van der Waals surface area contributed by atoms with Crippen molar-refractivity contribution in [1.82, 2.24) is 4.57 Å². The summed E-state index contributed by atoms with van der Waals surface area (Å²) in [5, 5.41) is 12.4. The Bertz CT molecular complexity index is 774. The van der Waals surface area contributed by atoms with Crippen molar-refractivity contribution in [3.63, 3.8) is 0 Å². The van der Waals surface area contributed by atoms with Gasteiger partial charge in [0.05, 0.1) is 15.4 Å². The number of benzene rings is 1. The van der Waals surface area contributed by atoms with E-state index in [2.05, 4.69) is 0 Å². The van der Waals surface area contributed by atoms with Gasteiger partial charge in [-0.3, -0.25) is 9.36 Å². The average molecular weight is 292 g/mol. The summed E-state index contributed by atoms with van der Waals surface area (Å²) in [5.41, 5.74) is 1.50. The van der Waals surface area contributed by atoms with Gasteiger partial charge in [-0.1, -0.05) is 17.7 Å². The molecule has 96 valence electrons. The molecule has 2 aromatic heterocycles. The summed E-state index contributed by atoms with van der Waals surface area (Å²) in [6, 6.07) is 8.65. The monoisotopic (exact) mass is 291 g/mol. The maximum Gasteiger partial charge on any atom is 0.272 e. The Hall–Kier alpha value is -1.78. The van der Waals surface area contributed by atoms with Crippen LogP contribution in [0.4, 0.5) is 0 Å². The van der Waals surface area contributed by atoms with Crippen molar-refractivity contribution in [1.29, 1.82) is 0 Å². The first-order chi connectivity index (χ1) is 9.09. The number of aromatic nitrogens is 1. The molecule has 0 aliphatic carbocycles. The lowest BCUT2D eigenvalue weighted by atomic mass is 10.2. The number of halogens is 1. The molecule has 0 amide bonds. The number of phenolic OH excluding ortho intramolecular Hbond substituents is 1. The van der Waals surface area contributed by atoms with Crippen molar-refractivity contribution in [2.45, 2.75) is 6.92 Å². The third kappa shape index (κ3) is 1.84. The van der Waals surface area contributed by atoms with Gasteiger partial charge in [0.2, 0.25) is 0 Å². The van der Waals surface area contributed by atoms with E-state index in [0.29, 0.717) is 15.8 Å². The summed E-state index contributed by atoms with van der Waals surface area (Å²) in [5.74, 6) is -0.0563. The van der Waals surface area contributed by atoms with Gasteiger partial charge in [0.25, 0.3) is 5.91 Å². The summed E-state index contributed by atoms with van der Waals surface area (Å²) in [4.78, 5) is 13.1. The maximum absolute atomic E-state index is 12.5. The van der Waals surface area contributed by atoms with Crippen LogP contribution in [0.2, 0.25) is 5.02 Å². The number of nitrogens with zero attached hydrogens (tertiary/aromatic N) is 1. The lowest BCUT2D eigenvalue weighted by Gasteiger charge is -2.05. The van der Waals surface area contributed by atoms with Crippen molar-refractivity contribution in [3.8, 4) is 5.75 Å².